The number of carbonyl (C=O) groups excluding carboxylic acids is 1. The van der Waals surface area contributed by atoms with E-state index in [0.717, 1.165) is 18.4 Å². The molecule has 1 saturated heterocycles. The zero-order valence-electron chi connectivity index (χ0n) is 25.2. The highest BCUT2D eigenvalue weighted by Crippen LogP contribution is 2.32. The van der Waals surface area contributed by atoms with Gasteiger partial charge in [0.15, 0.2) is 29.1 Å². The monoisotopic (exact) mass is 659 g/mol. The number of halogens is 5. The normalized spacial score (nSPS) is 14.1. The number of aryl methyl sites for hydroxylation is 1. The third kappa shape index (κ3) is 7.93. The van der Waals surface area contributed by atoms with Crippen LogP contribution in [0.25, 0.3) is 16.9 Å². The average Bonchev–Trinajstić information content (AvgIpc) is 3.48. The second-order valence-corrected chi connectivity index (χ2v) is 10.7. The van der Waals surface area contributed by atoms with Gasteiger partial charge in [0, 0.05) is 42.3 Å². The molecule has 11 nitrogen and oxygen atoms in total. The number of benzene rings is 2. The van der Waals surface area contributed by atoms with Crippen LogP contribution in [0.2, 0.25) is 0 Å². The molecule has 1 amide bonds. The molecule has 16 heteroatoms. The Labute approximate surface area is 265 Å². The molecule has 248 valence electrons. The number of hydrogen-bond acceptors (Lipinski definition) is 8. The minimum absolute atomic E-state index is 0.00500. The number of amides is 1. The molecule has 1 unspecified atom stereocenters. The van der Waals surface area contributed by atoms with Crippen molar-refractivity contribution < 1.29 is 41.4 Å². The third-order valence-corrected chi connectivity index (χ3v) is 7.43. The van der Waals surface area contributed by atoms with E-state index in [1.165, 1.54) is 31.5 Å². The van der Waals surface area contributed by atoms with Crippen molar-refractivity contribution in [1.29, 1.82) is 5.26 Å². The number of likely N-dealkylation sites (tertiary alicyclic amines) is 1. The average molecular weight is 660 g/mol. The fourth-order valence-corrected chi connectivity index (χ4v) is 4.90. The highest BCUT2D eigenvalue weighted by atomic mass is 19.4. The number of nitrogens with two attached hydrogens (primary N) is 1. The molecule has 4 N–H and O–H groups in total. The minimum atomic E-state index is -5.08. The number of nitrogens with one attached hydrogen (secondary N) is 1. The van der Waals surface area contributed by atoms with Gasteiger partial charge in [0.2, 0.25) is 5.82 Å². The molecule has 1 aliphatic heterocycles. The lowest BCUT2D eigenvalue weighted by molar-refractivity contribution is -0.192. The molecule has 3 heterocycles. The van der Waals surface area contributed by atoms with Crippen LogP contribution in [0.5, 0.6) is 5.75 Å². The number of aliphatic carboxylic acids is 1. The van der Waals surface area contributed by atoms with Gasteiger partial charge in [0.1, 0.15) is 6.07 Å². The molecule has 2 aromatic carbocycles. The first-order valence-corrected chi connectivity index (χ1v) is 14.3. The molecule has 1 fully saturated rings. The van der Waals surface area contributed by atoms with E-state index in [4.69, 9.17) is 25.6 Å². The van der Waals surface area contributed by atoms with Gasteiger partial charge in [0.25, 0.3) is 5.91 Å². The Morgan fingerprint density at radius 3 is 2.45 bits per heavy atom. The van der Waals surface area contributed by atoms with Gasteiger partial charge in [-0.05, 0) is 75.0 Å². The van der Waals surface area contributed by atoms with Crippen molar-refractivity contribution in [3.8, 4) is 23.1 Å². The number of anilines is 2. The van der Waals surface area contributed by atoms with Crippen molar-refractivity contribution >= 4 is 29.0 Å². The van der Waals surface area contributed by atoms with E-state index < -0.39 is 29.9 Å². The summed E-state index contributed by atoms with van der Waals surface area (Å²) >= 11 is 0. The Bertz CT molecular complexity index is 1810. The number of fused-ring (bicyclic) bond motifs is 1. The van der Waals surface area contributed by atoms with Gasteiger partial charge in [0.05, 0.1) is 11.9 Å². The molecule has 4 aromatic rings. The minimum Gasteiger partial charge on any atom is -0.475 e. The van der Waals surface area contributed by atoms with Gasteiger partial charge in [-0.2, -0.15) is 22.8 Å². The van der Waals surface area contributed by atoms with Gasteiger partial charge in [-0.15, -0.1) is 0 Å². The highest BCUT2D eigenvalue weighted by molar-refractivity contribution is 5.96. The summed E-state index contributed by atoms with van der Waals surface area (Å²) < 4.78 is 68.2. The Morgan fingerprint density at radius 1 is 1.17 bits per heavy atom. The number of aromatic nitrogens is 3. The third-order valence-electron chi connectivity index (χ3n) is 7.43. The molecule has 0 radical (unpaired) electrons. The van der Waals surface area contributed by atoms with Crippen molar-refractivity contribution in [3.63, 3.8) is 0 Å². The van der Waals surface area contributed by atoms with Crippen LogP contribution in [-0.2, 0) is 4.79 Å². The summed E-state index contributed by atoms with van der Waals surface area (Å²) in [4.78, 5) is 32.7. The zero-order valence-corrected chi connectivity index (χ0v) is 25.2. The second kappa shape index (κ2) is 14.4. The van der Waals surface area contributed by atoms with Crippen LogP contribution in [0.1, 0.15) is 35.7 Å². The van der Waals surface area contributed by atoms with Crippen LogP contribution in [0, 0.1) is 35.8 Å². The van der Waals surface area contributed by atoms with E-state index in [1.807, 2.05) is 24.0 Å². The van der Waals surface area contributed by atoms with Crippen molar-refractivity contribution in [2.24, 2.45) is 11.7 Å². The maximum Gasteiger partial charge on any atom is 0.490 e. The number of carboxylic acid groups (broad SMARTS) is 1. The van der Waals surface area contributed by atoms with Crippen LogP contribution in [0.3, 0.4) is 0 Å². The predicted molar refractivity (Wildman–Crippen MR) is 160 cm³/mol. The van der Waals surface area contributed by atoms with Crippen LogP contribution in [0.4, 0.5) is 33.5 Å². The summed E-state index contributed by atoms with van der Waals surface area (Å²) in [6.07, 6.45) is 0.370. The van der Waals surface area contributed by atoms with E-state index >= 15 is 4.39 Å². The fraction of sp³-hybridized carbons (Fsp3) is 0.323. The van der Waals surface area contributed by atoms with E-state index in [2.05, 4.69) is 15.3 Å². The summed E-state index contributed by atoms with van der Waals surface area (Å²) in [5.74, 6) is -4.52. The topological polar surface area (TPSA) is 159 Å². The van der Waals surface area contributed by atoms with Gasteiger partial charge in [-0.3, -0.25) is 9.20 Å². The number of nitriles is 1. The van der Waals surface area contributed by atoms with Gasteiger partial charge < -0.3 is 25.8 Å². The van der Waals surface area contributed by atoms with E-state index in [1.54, 1.807) is 22.7 Å². The molecule has 47 heavy (non-hydrogen) atoms. The Hall–Kier alpha value is -5.30. The number of hydrogen-bond donors (Lipinski definition) is 3. The first-order valence-electron chi connectivity index (χ1n) is 14.3. The van der Waals surface area contributed by atoms with Crippen LogP contribution < -0.4 is 15.8 Å². The molecular formula is C31H30F5N7O4. The summed E-state index contributed by atoms with van der Waals surface area (Å²) in [5.41, 5.74) is 8.62. The molecule has 0 saturated carbocycles. The Kier molecular flexibility index (Phi) is 10.6. The van der Waals surface area contributed by atoms with Crippen LogP contribution in [-0.4, -0.2) is 68.2 Å². The lowest BCUT2D eigenvalue weighted by Gasteiger charge is -2.31. The number of piperidine rings is 1. The largest absolute Gasteiger partial charge is 0.490 e. The standard InChI is InChI=1S/C29H29F2N7O2.C2HF3O2/c1-17-13-20(3-4-21(17)29(39)37-10-7-19(15-33)8-11-37)36-27-28-35-16-23(38(28)12-9-34-27)22-5-6-24(26(31)25(22)30)40-18(2)14-32;3-2(4,5)1(6)7/h3-6,9,12-13,16,18-19H,7-8,10-11,15,33H2,1-2H3,(H,34,36);(H,6,7). The number of carboxylic acids is 1. The van der Waals surface area contributed by atoms with E-state index in [9.17, 15) is 22.4 Å². The number of imidazole rings is 1. The fourth-order valence-electron chi connectivity index (χ4n) is 4.90. The molecule has 1 atom stereocenters. The maximum absolute atomic E-state index is 15.0. The Morgan fingerprint density at radius 2 is 1.85 bits per heavy atom. The predicted octanol–water partition coefficient (Wildman–Crippen LogP) is 5.46. The summed E-state index contributed by atoms with van der Waals surface area (Å²) in [7, 11) is 0. The first kappa shape index (κ1) is 34.6. The molecule has 0 bridgehead atoms. The smallest absolute Gasteiger partial charge is 0.475 e. The molecule has 0 aliphatic carbocycles. The van der Waals surface area contributed by atoms with Crippen molar-refractivity contribution in [2.75, 3.05) is 25.0 Å². The van der Waals surface area contributed by atoms with Crippen LogP contribution in [0.15, 0.2) is 48.9 Å². The van der Waals surface area contributed by atoms with Gasteiger partial charge in [-0.1, -0.05) is 0 Å². The number of ether oxygens (including phenoxy) is 1. The highest BCUT2D eigenvalue weighted by Gasteiger charge is 2.38. The summed E-state index contributed by atoms with van der Waals surface area (Å²) in [6, 6.07) is 9.95. The SMILES string of the molecule is Cc1cc(Nc2nccn3c(-c4ccc(OC(C)C#N)c(F)c4F)cnc23)ccc1C(=O)N1CCC(CN)CC1.O=C(O)C(F)(F)F. The van der Waals surface area contributed by atoms with Crippen molar-refractivity contribution in [3.05, 3.63) is 71.7 Å². The summed E-state index contributed by atoms with van der Waals surface area (Å²) in [6.45, 7) is 5.38. The molecule has 2 aromatic heterocycles. The van der Waals surface area contributed by atoms with Crippen molar-refractivity contribution in [1.82, 2.24) is 19.3 Å². The van der Waals surface area contributed by atoms with Gasteiger partial charge >= 0.3 is 12.1 Å². The number of alkyl halides is 3. The zero-order chi connectivity index (χ0) is 34.5. The number of carbonyl (C=O) groups is 2. The van der Waals surface area contributed by atoms with E-state index in [0.29, 0.717) is 54.0 Å². The lowest BCUT2D eigenvalue weighted by atomic mass is 9.96. The molecule has 0 spiro atoms. The number of nitrogens with zero attached hydrogens (tertiary/aromatic N) is 5. The lowest BCUT2D eigenvalue weighted by Crippen LogP contribution is -2.40. The maximum atomic E-state index is 15.0. The number of rotatable bonds is 7. The molecule has 1 aliphatic rings. The summed E-state index contributed by atoms with van der Waals surface area (Å²) in [5, 5.41) is 19.2. The van der Waals surface area contributed by atoms with Crippen LogP contribution >= 0.6 is 0 Å². The second-order valence-electron chi connectivity index (χ2n) is 10.7. The Balaban J connectivity index is 0.000000644. The first-order chi connectivity index (χ1) is 22.2. The van der Waals surface area contributed by atoms with Gasteiger partial charge in [-0.25, -0.2) is 19.2 Å². The van der Waals surface area contributed by atoms with E-state index in [-0.39, 0.29) is 17.2 Å². The molecular weight excluding hydrogens is 629 g/mol. The molecule has 5 rings (SSSR count). The quantitative estimate of drug-likeness (QED) is 0.219. The van der Waals surface area contributed by atoms with Crippen molar-refractivity contribution in [2.45, 2.75) is 39.0 Å².